The summed E-state index contributed by atoms with van der Waals surface area (Å²) in [5.74, 6) is 1.58. The average Bonchev–Trinajstić information content (AvgIpc) is 2.99. The minimum Gasteiger partial charge on any atom is -0.487 e. The minimum absolute atomic E-state index is 0.137. The lowest BCUT2D eigenvalue weighted by Crippen LogP contribution is -2.71. The highest BCUT2D eigenvalue weighted by Crippen LogP contribution is 2.48. The van der Waals surface area contributed by atoms with Gasteiger partial charge in [0.25, 0.3) is 0 Å². The number of hydrogen-bond donors (Lipinski definition) is 0. The van der Waals surface area contributed by atoms with Gasteiger partial charge in [0, 0.05) is 31.8 Å². The highest BCUT2D eigenvalue weighted by molar-refractivity contribution is 5.31. The van der Waals surface area contributed by atoms with Crippen LogP contribution in [0.5, 0.6) is 5.75 Å². The fourth-order valence-electron chi connectivity index (χ4n) is 6.86. The number of ether oxygens (including phenoxy) is 2. The molecule has 4 aromatic rings. The maximum atomic E-state index is 6.56. The highest BCUT2D eigenvalue weighted by Gasteiger charge is 2.54. The van der Waals surface area contributed by atoms with E-state index in [1.807, 2.05) is 6.07 Å². The molecule has 0 saturated carbocycles. The summed E-state index contributed by atoms with van der Waals surface area (Å²) < 4.78 is 12.8. The van der Waals surface area contributed by atoms with Gasteiger partial charge >= 0.3 is 0 Å². The summed E-state index contributed by atoms with van der Waals surface area (Å²) in [7, 11) is 0. The smallest absolute Gasteiger partial charge is 0.131 e. The van der Waals surface area contributed by atoms with Crippen molar-refractivity contribution < 1.29 is 9.47 Å². The normalized spacial score (nSPS) is 23.2. The van der Waals surface area contributed by atoms with Crippen LogP contribution in [0.3, 0.4) is 0 Å². The summed E-state index contributed by atoms with van der Waals surface area (Å²) in [5.41, 5.74) is 3.98. The summed E-state index contributed by atoms with van der Waals surface area (Å²) in [6.07, 6.45) is 2.35. The van der Waals surface area contributed by atoms with Crippen LogP contribution in [-0.2, 0) is 11.3 Å². The van der Waals surface area contributed by atoms with E-state index in [2.05, 4.69) is 139 Å². The zero-order valence-corrected chi connectivity index (χ0v) is 25.0. The van der Waals surface area contributed by atoms with Gasteiger partial charge in [-0.1, -0.05) is 123 Å². The van der Waals surface area contributed by atoms with Crippen molar-refractivity contribution in [3.05, 3.63) is 138 Å². The molecule has 2 heterocycles. The first-order valence-electron chi connectivity index (χ1n) is 15.6. The van der Waals surface area contributed by atoms with Crippen molar-refractivity contribution in [2.24, 2.45) is 5.92 Å². The Kier molecular flexibility index (Phi) is 9.34. The van der Waals surface area contributed by atoms with Gasteiger partial charge in [0.2, 0.25) is 0 Å². The van der Waals surface area contributed by atoms with Crippen LogP contribution in [0.15, 0.2) is 121 Å². The third-order valence-electron chi connectivity index (χ3n) is 8.88. The summed E-state index contributed by atoms with van der Waals surface area (Å²) >= 11 is 0. The number of likely N-dealkylation sites (tertiary alicyclic amines) is 2. The van der Waals surface area contributed by atoms with Gasteiger partial charge in [0.1, 0.15) is 11.9 Å². The molecule has 0 spiro atoms. The molecule has 4 nitrogen and oxygen atoms in total. The Bertz CT molecular complexity index is 1350. The molecule has 2 saturated heterocycles. The molecule has 4 aromatic carbocycles. The lowest BCUT2D eigenvalue weighted by molar-refractivity contribution is -0.151. The van der Waals surface area contributed by atoms with Crippen LogP contribution in [0.4, 0.5) is 0 Å². The molecule has 2 fully saturated rings. The Morgan fingerprint density at radius 2 is 1.26 bits per heavy atom. The molecule has 2 aliphatic heterocycles. The first-order valence-corrected chi connectivity index (χ1v) is 15.6. The van der Waals surface area contributed by atoms with Crippen LogP contribution in [-0.4, -0.2) is 47.7 Å². The molecule has 0 radical (unpaired) electrons. The van der Waals surface area contributed by atoms with E-state index in [1.54, 1.807) is 0 Å². The van der Waals surface area contributed by atoms with Gasteiger partial charge in [-0.05, 0) is 47.6 Å². The van der Waals surface area contributed by atoms with E-state index >= 15 is 0 Å². The van der Waals surface area contributed by atoms with Crippen molar-refractivity contribution in [2.75, 3.05) is 19.7 Å². The molecule has 0 unspecified atom stereocenters. The zero-order chi connectivity index (χ0) is 28.7. The maximum Gasteiger partial charge on any atom is 0.131 e. The predicted molar refractivity (Wildman–Crippen MR) is 170 cm³/mol. The van der Waals surface area contributed by atoms with Crippen molar-refractivity contribution in [3.63, 3.8) is 0 Å². The lowest BCUT2D eigenvalue weighted by atomic mass is 9.79. The molecule has 4 heteroatoms. The van der Waals surface area contributed by atoms with Gasteiger partial charge in [0.15, 0.2) is 0 Å². The van der Waals surface area contributed by atoms with Crippen molar-refractivity contribution in [1.29, 1.82) is 0 Å². The van der Waals surface area contributed by atoms with Crippen molar-refractivity contribution in [1.82, 2.24) is 9.80 Å². The lowest BCUT2D eigenvalue weighted by Gasteiger charge is -2.62. The van der Waals surface area contributed by atoms with E-state index in [1.165, 1.54) is 23.1 Å². The molecule has 218 valence electrons. The Balaban J connectivity index is 1.20. The molecule has 0 bridgehead atoms. The third kappa shape index (κ3) is 6.62. The second-order valence-corrected chi connectivity index (χ2v) is 12.3. The van der Waals surface area contributed by atoms with E-state index < -0.39 is 0 Å². The molecule has 42 heavy (non-hydrogen) atoms. The van der Waals surface area contributed by atoms with Crippen LogP contribution < -0.4 is 4.74 Å². The first kappa shape index (κ1) is 28.7. The fraction of sp³-hybridized carbons (Fsp3) is 0.368. The minimum atomic E-state index is 0.137. The van der Waals surface area contributed by atoms with E-state index in [-0.39, 0.29) is 12.1 Å². The monoisotopic (exact) mass is 560 g/mol. The second-order valence-electron chi connectivity index (χ2n) is 12.3. The molecule has 5 atom stereocenters. The van der Waals surface area contributed by atoms with Crippen LogP contribution in [0, 0.1) is 5.92 Å². The number of para-hydroxylation sites is 1. The van der Waals surface area contributed by atoms with Gasteiger partial charge in [0.05, 0.1) is 18.7 Å². The van der Waals surface area contributed by atoms with E-state index in [4.69, 9.17) is 9.47 Å². The van der Waals surface area contributed by atoms with E-state index in [9.17, 15) is 0 Å². The Hall–Kier alpha value is -3.44. The first-order chi connectivity index (χ1) is 20.7. The Morgan fingerprint density at radius 3 is 1.88 bits per heavy atom. The summed E-state index contributed by atoms with van der Waals surface area (Å²) in [6, 6.07) is 44.4. The SMILES string of the molecule is CC(C)C[C@@H](CCOCc1ccccc1)N1C[C@@H](N2C[C@H](Oc3ccccc3)[C@@H]2c2ccccc2)[C@H]1c1ccccc1. The second kappa shape index (κ2) is 13.7. The maximum absolute atomic E-state index is 6.56. The van der Waals surface area contributed by atoms with E-state index in [0.717, 1.165) is 31.9 Å². The van der Waals surface area contributed by atoms with Gasteiger partial charge in [-0.25, -0.2) is 0 Å². The number of hydrogen-bond acceptors (Lipinski definition) is 4. The molecule has 6 rings (SSSR count). The molecule has 0 aromatic heterocycles. The summed E-state index contributed by atoms with van der Waals surface area (Å²) in [4.78, 5) is 5.47. The van der Waals surface area contributed by atoms with Gasteiger partial charge < -0.3 is 9.47 Å². The predicted octanol–water partition coefficient (Wildman–Crippen LogP) is 7.94. The Morgan fingerprint density at radius 1 is 0.690 bits per heavy atom. The molecule has 2 aliphatic rings. The largest absolute Gasteiger partial charge is 0.487 e. The van der Waals surface area contributed by atoms with Crippen LogP contribution in [0.2, 0.25) is 0 Å². The van der Waals surface area contributed by atoms with Crippen LogP contribution in [0.25, 0.3) is 0 Å². The summed E-state index contributed by atoms with van der Waals surface area (Å²) in [6.45, 7) is 8.15. The number of benzene rings is 4. The summed E-state index contributed by atoms with van der Waals surface area (Å²) in [5, 5.41) is 0. The topological polar surface area (TPSA) is 24.9 Å². The van der Waals surface area contributed by atoms with Crippen molar-refractivity contribution >= 4 is 0 Å². The fourth-order valence-corrected chi connectivity index (χ4v) is 6.86. The zero-order valence-electron chi connectivity index (χ0n) is 25.0. The highest BCUT2D eigenvalue weighted by atomic mass is 16.5. The van der Waals surface area contributed by atoms with Gasteiger partial charge in [-0.3, -0.25) is 9.80 Å². The van der Waals surface area contributed by atoms with Crippen molar-refractivity contribution in [2.45, 2.75) is 63.6 Å². The standard InChI is InChI=1S/C38H44N2O2/c1-29(2)25-33(23-24-41-28-30-15-7-3-8-16-30)39-26-35(37(39)31-17-9-4-10-18-31)40-27-36(42-34-21-13-6-14-22-34)38(40)32-19-11-5-12-20-32/h3-22,29,33,35-38H,23-28H2,1-2H3/t33-,35-,36+,37-,38+/m1/s1. The number of rotatable bonds is 13. The third-order valence-corrected chi connectivity index (χ3v) is 8.88. The van der Waals surface area contributed by atoms with Crippen LogP contribution in [0.1, 0.15) is 55.5 Å². The molecular formula is C38H44N2O2. The number of nitrogens with zero attached hydrogens (tertiary/aromatic N) is 2. The molecule has 0 amide bonds. The molecular weight excluding hydrogens is 516 g/mol. The van der Waals surface area contributed by atoms with Crippen molar-refractivity contribution in [3.8, 4) is 5.75 Å². The van der Waals surface area contributed by atoms with E-state index in [0.29, 0.717) is 30.7 Å². The Labute approximate surface area is 251 Å². The van der Waals surface area contributed by atoms with Gasteiger partial charge in [-0.2, -0.15) is 0 Å². The average molecular weight is 561 g/mol. The van der Waals surface area contributed by atoms with Gasteiger partial charge in [-0.15, -0.1) is 0 Å². The molecule has 0 aliphatic carbocycles. The molecule has 0 N–H and O–H groups in total. The quantitative estimate of drug-likeness (QED) is 0.155. The van der Waals surface area contributed by atoms with Crippen LogP contribution >= 0.6 is 0 Å².